The molecule has 0 bridgehead atoms. The van der Waals surface area contributed by atoms with Crippen molar-refractivity contribution in [1.82, 2.24) is 29.5 Å². The van der Waals surface area contributed by atoms with E-state index in [1.54, 1.807) is 39.8 Å². The molecule has 3 heterocycles. The number of H-pyrrole nitrogens is 1. The molecule has 0 atom stereocenters. The highest BCUT2D eigenvalue weighted by Gasteiger charge is 2.10. The Balaban J connectivity index is 1.34. The molecule has 5 rings (SSSR count). The second kappa shape index (κ2) is 6.71. The smallest absolute Gasteiger partial charge is 0.261 e. The predicted octanol–water partition coefficient (Wildman–Crippen LogP) is 2.10. The molecule has 0 aliphatic rings. The molecule has 0 unspecified atom stereocenters. The fourth-order valence-corrected chi connectivity index (χ4v) is 3.22. The van der Waals surface area contributed by atoms with Gasteiger partial charge in [-0.3, -0.25) is 14.3 Å². The minimum absolute atomic E-state index is 0.117. The van der Waals surface area contributed by atoms with Gasteiger partial charge in [0.2, 0.25) is 5.91 Å². The number of aromatic nitrogens is 6. The number of para-hydroxylation sites is 1. The zero-order valence-corrected chi connectivity index (χ0v) is 15.1. The molecule has 3 aromatic heterocycles. The van der Waals surface area contributed by atoms with Crippen LogP contribution < -0.4 is 10.9 Å². The molecule has 0 radical (unpaired) electrons. The molecule has 1 amide bonds. The fraction of sp³-hybridized carbons (Fsp3) is 0.0500. The second-order valence-electron chi connectivity index (χ2n) is 6.48. The predicted molar refractivity (Wildman–Crippen MR) is 108 cm³/mol. The quantitative estimate of drug-likeness (QED) is 0.492. The van der Waals surface area contributed by atoms with Crippen molar-refractivity contribution in [2.24, 2.45) is 0 Å². The van der Waals surface area contributed by atoms with Crippen LogP contribution in [0, 0.1) is 0 Å². The van der Waals surface area contributed by atoms with E-state index in [0.717, 1.165) is 16.6 Å². The molecular formula is C20H15N7O2. The maximum Gasteiger partial charge on any atom is 0.261 e. The summed E-state index contributed by atoms with van der Waals surface area (Å²) in [6.07, 6.45) is 4.56. The summed E-state index contributed by atoms with van der Waals surface area (Å²) in [7, 11) is 0. The van der Waals surface area contributed by atoms with Crippen LogP contribution in [-0.2, 0) is 11.3 Å². The van der Waals surface area contributed by atoms with Crippen LogP contribution in [0.1, 0.15) is 0 Å². The summed E-state index contributed by atoms with van der Waals surface area (Å²) < 4.78 is 3.24. The minimum Gasteiger partial charge on any atom is -0.324 e. The van der Waals surface area contributed by atoms with E-state index in [1.165, 1.54) is 12.5 Å². The topological polar surface area (TPSA) is 110 Å². The lowest BCUT2D eigenvalue weighted by molar-refractivity contribution is -0.116. The highest BCUT2D eigenvalue weighted by molar-refractivity contribution is 5.91. The van der Waals surface area contributed by atoms with Crippen molar-refractivity contribution in [3.05, 3.63) is 77.6 Å². The number of rotatable bonds is 4. The van der Waals surface area contributed by atoms with Crippen molar-refractivity contribution < 1.29 is 4.79 Å². The van der Waals surface area contributed by atoms with Crippen LogP contribution in [0.25, 0.3) is 27.6 Å². The largest absolute Gasteiger partial charge is 0.324 e. The van der Waals surface area contributed by atoms with E-state index in [2.05, 4.69) is 25.5 Å². The third-order valence-electron chi connectivity index (χ3n) is 4.61. The fourth-order valence-electron chi connectivity index (χ4n) is 3.22. The first-order chi connectivity index (χ1) is 14.2. The molecule has 0 saturated heterocycles. The highest BCUT2D eigenvalue weighted by atomic mass is 16.2. The van der Waals surface area contributed by atoms with Crippen molar-refractivity contribution in [2.45, 2.75) is 6.54 Å². The van der Waals surface area contributed by atoms with Crippen LogP contribution >= 0.6 is 0 Å². The summed E-state index contributed by atoms with van der Waals surface area (Å²) in [6.45, 7) is 0.117. The van der Waals surface area contributed by atoms with E-state index in [1.807, 2.05) is 24.3 Å². The molecular weight excluding hydrogens is 370 g/mol. The first-order valence-electron chi connectivity index (χ1n) is 8.91. The van der Waals surface area contributed by atoms with Gasteiger partial charge < -0.3 is 10.3 Å². The first-order valence-corrected chi connectivity index (χ1v) is 8.91. The molecule has 0 fully saturated rings. The monoisotopic (exact) mass is 385 g/mol. The van der Waals surface area contributed by atoms with Crippen LogP contribution in [0.15, 0.2) is 72.0 Å². The summed E-state index contributed by atoms with van der Waals surface area (Å²) >= 11 is 0. The van der Waals surface area contributed by atoms with Crippen molar-refractivity contribution in [3.63, 3.8) is 0 Å². The molecule has 0 spiro atoms. The third-order valence-corrected chi connectivity index (χ3v) is 4.61. The summed E-state index contributed by atoms with van der Waals surface area (Å²) in [4.78, 5) is 30.9. The molecule has 2 aromatic carbocycles. The summed E-state index contributed by atoms with van der Waals surface area (Å²) in [6, 6.07) is 14.9. The molecule has 0 aliphatic heterocycles. The number of fused-ring (bicyclic) bond motifs is 2. The molecule has 29 heavy (non-hydrogen) atoms. The van der Waals surface area contributed by atoms with Gasteiger partial charge in [0.05, 0.1) is 29.9 Å². The van der Waals surface area contributed by atoms with Crippen molar-refractivity contribution >= 4 is 33.5 Å². The van der Waals surface area contributed by atoms with Gasteiger partial charge >= 0.3 is 0 Å². The Labute approximate surface area is 163 Å². The SMILES string of the molecule is O=C(Cn1ncc2ccccc21)Nc1ccc(-n2ncc3c(=O)[nH]cnc32)cc1. The van der Waals surface area contributed by atoms with Gasteiger partial charge in [0.1, 0.15) is 11.9 Å². The van der Waals surface area contributed by atoms with Crippen LogP contribution in [0.3, 0.4) is 0 Å². The Morgan fingerprint density at radius 1 is 1.03 bits per heavy atom. The number of amides is 1. The van der Waals surface area contributed by atoms with Gasteiger partial charge in [-0.15, -0.1) is 0 Å². The van der Waals surface area contributed by atoms with E-state index in [4.69, 9.17) is 0 Å². The Bertz CT molecular complexity index is 1400. The van der Waals surface area contributed by atoms with Gasteiger partial charge in [0.15, 0.2) is 5.65 Å². The van der Waals surface area contributed by atoms with E-state index in [-0.39, 0.29) is 18.0 Å². The Kier molecular flexibility index (Phi) is 3.91. The average molecular weight is 385 g/mol. The number of anilines is 1. The number of carbonyl (C=O) groups is 1. The normalized spacial score (nSPS) is 11.2. The van der Waals surface area contributed by atoms with E-state index >= 15 is 0 Å². The molecule has 9 heteroatoms. The van der Waals surface area contributed by atoms with Crippen LogP contribution in [-0.4, -0.2) is 35.4 Å². The zero-order chi connectivity index (χ0) is 19.8. The van der Waals surface area contributed by atoms with E-state index in [9.17, 15) is 9.59 Å². The first kappa shape index (κ1) is 16.9. The van der Waals surface area contributed by atoms with Gasteiger partial charge in [0.25, 0.3) is 5.56 Å². The molecule has 142 valence electrons. The lowest BCUT2D eigenvalue weighted by atomic mass is 10.2. The Morgan fingerprint density at radius 2 is 1.86 bits per heavy atom. The molecule has 2 N–H and O–H groups in total. The molecule has 5 aromatic rings. The van der Waals surface area contributed by atoms with Gasteiger partial charge in [-0.25, -0.2) is 9.67 Å². The summed E-state index contributed by atoms with van der Waals surface area (Å²) in [5.74, 6) is -0.177. The second-order valence-corrected chi connectivity index (χ2v) is 6.48. The third kappa shape index (κ3) is 3.04. The number of nitrogens with one attached hydrogen (secondary N) is 2. The maximum absolute atomic E-state index is 12.4. The van der Waals surface area contributed by atoms with Gasteiger partial charge in [-0.2, -0.15) is 10.2 Å². The number of carbonyl (C=O) groups excluding carboxylic acids is 1. The number of hydrogen-bond donors (Lipinski definition) is 2. The van der Waals surface area contributed by atoms with Crippen molar-refractivity contribution in [1.29, 1.82) is 0 Å². The summed E-state index contributed by atoms with van der Waals surface area (Å²) in [5.41, 5.74) is 2.52. The summed E-state index contributed by atoms with van der Waals surface area (Å²) in [5, 5.41) is 12.8. The van der Waals surface area contributed by atoms with E-state index < -0.39 is 0 Å². The molecule has 0 saturated carbocycles. The average Bonchev–Trinajstić information content (AvgIpc) is 3.34. The number of benzene rings is 2. The van der Waals surface area contributed by atoms with Crippen LogP contribution in [0.5, 0.6) is 0 Å². The van der Waals surface area contributed by atoms with Crippen molar-refractivity contribution in [3.8, 4) is 5.69 Å². The highest BCUT2D eigenvalue weighted by Crippen LogP contribution is 2.17. The standard InChI is InChI=1S/C20H15N7O2/c28-18(11-26-17-4-2-1-3-13(17)9-23-26)25-14-5-7-15(8-6-14)27-19-16(10-24-27)20(29)22-12-21-19/h1-10,12H,11H2,(H,25,28)(H,21,22,29). The lowest BCUT2D eigenvalue weighted by Crippen LogP contribution is -2.19. The minimum atomic E-state index is -0.240. The van der Waals surface area contributed by atoms with Gasteiger partial charge in [0, 0.05) is 11.1 Å². The maximum atomic E-state index is 12.4. The zero-order valence-electron chi connectivity index (χ0n) is 15.1. The molecule has 9 nitrogen and oxygen atoms in total. The van der Waals surface area contributed by atoms with Crippen LogP contribution in [0.2, 0.25) is 0 Å². The number of hydrogen-bond acceptors (Lipinski definition) is 5. The van der Waals surface area contributed by atoms with E-state index in [0.29, 0.717) is 16.7 Å². The number of aromatic amines is 1. The van der Waals surface area contributed by atoms with Crippen LogP contribution in [0.4, 0.5) is 5.69 Å². The Morgan fingerprint density at radius 3 is 2.72 bits per heavy atom. The number of nitrogens with zero attached hydrogens (tertiary/aromatic N) is 5. The lowest BCUT2D eigenvalue weighted by Gasteiger charge is -2.08. The van der Waals surface area contributed by atoms with Gasteiger partial charge in [-0.1, -0.05) is 18.2 Å². The van der Waals surface area contributed by atoms with Gasteiger partial charge in [-0.05, 0) is 30.3 Å². The molecule has 0 aliphatic carbocycles. The van der Waals surface area contributed by atoms with Crippen molar-refractivity contribution in [2.75, 3.05) is 5.32 Å². The Hall–Kier alpha value is -4.27.